The second-order valence-electron chi connectivity index (χ2n) is 2.74. The molecule has 1 rings (SSSR count). The number of carbonyl (C=O) groups excluding carboxylic acids is 1. The second kappa shape index (κ2) is 3.86. The largest absolute Gasteiger partial charge is 0.376 e. The summed E-state index contributed by atoms with van der Waals surface area (Å²) in [5.74, 6) is 4.63. The van der Waals surface area contributed by atoms with Gasteiger partial charge in [0.05, 0.1) is 5.69 Å². The molecule has 5 heteroatoms. The van der Waals surface area contributed by atoms with Crippen LogP contribution < -0.4 is 16.2 Å². The smallest absolute Gasteiger partial charge is 0.285 e. The van der Waals surface area contributed by atoms with E-state index in [0.29, 0.717) is 5.69 Å². The van der Waals surface area contributed by atoms with Crippen molar-refractivity contribution in [1.29, 1.82) is 0 Å². The molecule has 5 nitrogen and oxygen atoms in total. The fourth-order valence-electron chi connectivity index (χ4n) is 1.00. The number of aromatic nitrogens is 1. The lowest BCUT2D eigenvalue weighted by atomic mass is 10.2. The molecule has 0 spiro atoms. The lowest BCUT2D eigenvalue weighted by Crippen LogP contribution is -2.32. The highest BCUT2D eigenvalue weighted by Crippen LogP contribution is 2.14. The van der Waals surface area contributed by atoms with E-state index in [1.54, 1.807) is 23.2 Å². The minimum absolute atomic E-state index is 0.329. The first-order valence-corrected chi connectivity index (χ1v) is 3.80. The molecule has 1 amide bonds. The number of hydrazine groups is 1. The van der Waals surface area contributed by atoms with Crippen LogP contribution in [0.25, 0.3) is 0 Å². The van der Waals surface area contributed by atoms with Crippen molar-refractivity contribution in [2.45, 2.75) is 0 Å². The van der Waals surface area contributed by atoms with E-state index in [0.717, 1.165) is 5.69 Å². The molecule has 0 aromatic carbocycles. The third-order valence-electron chi connectivity index (χ3n) is 1.61. The van der Waals surface area contributed by atoms with Gasteiger partial charge in [0.25, 0.3) is 5.91 Å². The molecule has 0 bridgehead atoms. The molecule has 3 N–H and O–H groups in total. The zero-order valence-corrected chi connectivity index (χ0v) is 7.61. The molecule has 0 aliphatic carbocycles. The number of nitrogens with two attached hydrogens (primary N) is 1. The minimum Gasteiger partial charge on any atom is -0.376 e. The van der Waals surface area contributed by atoms with Crippen molar-refractivity contribution < 1.29 is 4.79 Å². The van der Waals surface area contributed by atoms with Gasteiger partial charge in [-0.25, -0.2) is 10.8 Å². The molecule has 13 heavy (non-hydrogen) atoms. The molecular formula is C8H12N4O. The summed E-state index contributed by atoms with van der Waals surface area (Å²) in [7, 11) is 3.68. The first kappa shape index (κ1) is 9.47. The van der Waals surface area contributed by atoms with Crippen molar-refractivity contribution in [2.24, 2.45) is 5.84 Å². The van der Waals surface area contributed by atoms with Gasteiger partial charge >= 0.3 is 0 Å². The Hall–Kier alpha value is -1.62. The number of nitrogens with zero attached hydrogens (tertiary/aromatic N) is 2. The van der Waals surface area contributed by atoms with Crippen molar-refractivity contribution in [3.8, 4) is 0 Å². The van der Waals surface area contributed by atoms with Crippen LogP contribution in [0, 0.1) is 0 Å². The van der Waals surface area contributed by atoms with E-state index in [9.17, 15) is 4.79 Å². The maximum Gasteiger partial charge on any atom is 0.285 e. The molecule has 0 aliphatic rings. The summed E-state index contributed by atoms with van der Waals surface area (Å²) in [6.07, 6.45) is 1.55. The van der Waals surface area contributed by atoms with Crippen LogP contribution in [0.5, 0.6) is 0 Å². The van der Waals surface area contributed by atoms with Crippen LogP contribution in [0.2, 0.25) is 0 Å². The normalized spacial score (nSPS) is 9.46. The fourth-order valence-corrected chi connectivity index (χ4v) is 1.00. The van der Waals surface area contributed by atoms with Crippen LogP contribution in [0.3, 0.4) is 0 Å². The molecule has 0 aliphatic heterocycles. The third-order valence-corrected chi connectivity index (χ3v) is 1.61. The Labute approximate surface area is 76.5 Å². The van der Waals surface area contributed by atoms with Crippen LogP contribution in [-0.2, 0) is 0 Å². The standard InChI is InChI=1S/C8H12N4O/c1-12(2)6-4-3-5-10-7(6)8(13)11-9/h3-5H,9H2,1-2H3,(H,11,13). The van der Waals surface area contributed by atoms with Gasteiger partial charge in [0, 0.05) is 20.3 Å². The van der Waals surface area contributed by atoms with Crippen LogP contribution in [-0.4, -0.2) is 25.0 Å². The number of hydrogen-bond donors (Lipinski definition) is 2. The number of amides is 1. The molecule has 1 aromatic rings. The predicted octanol–water partition coefficient (Wildman–Crippen LogP) is -0.249. The van der Waals surface area contributed by atoms with Gasteiger partial charge in [-0.15, -0.1) is 0 Å². The van der Waals surface area contributed by atoms with Crippen LogP contribution in [0.4, 0.5) is 5.69 Å². The molecule has 70 valence electrons. The summed E-state index contributed by atoms with van der Waals surface area (Å²) in [4.78, 5) is 17.0. The molecule has 0 atom stereocenters. The maximum atomic E-state index is 11.2. The van der Waals surface area contributed by atoms with Crippen molar-refractivity contribution in [1.82, 2.24) is 10.4 Å². The van der Waals surface area contributed by atoms with Crippen LogP contribution in [0.1, 0.15) is 10.5 Å². The molecule has 0 unspecified atom stereocenters. The van der Waals surface area contributed by atoms with E-state index < -0.39 is 0 Å². The molecule has 0 saturated heterocycles. The molecular weight excluding hydrogens is 168 g/mol. The summed E-state index contributed by atoms with van der Waals surface area (Å²) in [5, 5.41) is 0. The summed E-state index contributed by atoms with van der Waals surface area (Å²) < 4.78 is 0. The Morgan fingerprint density at radius 1 is 1.62 bits per heavy atom. The van der Waals surface area contributed by atoms with Gasteiger partial charge in [0.2, 0.25) is 0 Å². The van der Waals surface area contributed by atoms with Crippen molar-refractivity contribution in [3.63, 3.8) is 0 Å². The Morgan fingerprint density at radius 2 is 2.31 bits per heavy atom. The summed E-state index contributed by atoms with van der Waals surface area (Å²) >= 11 is 0. The van der Waals surface area contributed by atoms with Gasteiger partial charge in [-0.3, -0.25) is 10.2 Å². The Morgan fingerprint density at radius 3 is 2.85 bits per heavy atom. The number of nitrogen functional groups attached to an aromatic ring is 1. The van der Waals surface area contributed by atoms with Crippen molar-refractivity contribution in [2.75, 3.05) is 19.0 Å². The van der Waals surface area contributed by atoms with E-state index in [2.05, 4.69) is 4.98 Å². The number of pyridine rings is 1. The van der Waals surface area contributed by atoms with Crippen LogP contribution >= 0.6 is 0 Å². The van der Waals surface area contributed by atoms with Gasteiger partial charge in [0.15, 0.2) is 5.69 Å². The van der Waals surface area contributed by atoms with E-state index in [4.69, 9.17) is 5.84 Å². The predicted molar refractivity (Wildman–Crippen MR) is 50.2 cm³/mol. The maximum absolute atomic E-state index is 11.2. The first-order valence-electron chi connectivity index (χ1n) is 3.80. The summed E-state index contributed by atoms with van der Waals surface area (Å²) in [5.41, 5.74) is 3.12. The summed E-state index contributed by atoms with van der Waals surface area (Å²) in [6.45, 7) is 0. The van der Waals surface area contributed by atoms with E-state index in [1.165, 1.54) is 0 Å². The van der Waals surface area contributed by atoms with Gasteiger partial charge in [-0.2, -0.15) is 0 Å². The SMILES string of the molecule is CN(C)c1cccnc1C(=O)NN. The molecule has 0 fully saturated rings. The lowest BCUT2D eigenvalue weighted by molar-refractivity contribution is 0.0949. The minimum atomic E-state index is -0.385. The number of nitrogens with one attached hydrogen (secondary N) is 1. The number of hydrogen-bond acceptors (Lipinski definition) is 4. The zero-order chi connectivity index (χ0) is 9.84. The summed E-state index contributed by atoms with van der Waals surface area (Å²) in [6, 6.07) is 3.57. The van der Waals surface area contributed by atoms with Gasteiger partial charge in [-0.1, -0.05) is 0 Å². The topological polar surface area (TPSA) is 71.2 Å². The zero-order valence-electron chi connectivity index (χ0n) is 7.61. The Bertz CT molecular complexity index is 311. The van der Waals surface area contributed by atoms with Crippen molar-refractivity contribution >= 4 is 11.6 Å². The average molecular weight is 180 g/mol. The van der Waals surface area contributed by atoms with Gasteiger partial charge < -0.3 is 4.90 Å². The van der Waals surface area contributed by atoms with Crippen molar-refractivity contribution in [3.05, 3.63) is 24.0 Å². The number of carbonyl (C=O) groups is 1. The Balaban J connectivity index is 3.12. The quantitative estimate of drug-likeness (QED) is 0.374. The molecule has 1 aromatic heterocycles. The fraction of sp³-hybridized carbons (Fsp3) is 0.250. The second-order valence-corrected chi connectivity index (χ2v) is 2.74. The molecule has 0 radical (unpaired) electrons. The Kier molecular flexibility index (Phi) is 2.81. The highest BCUT2D eigenvalue weighted by Gasteiger charge is 2.11. The van der Waals surface area contributed by atoms with Gasteiger partial charge in [0.1, 0.15) is 0 Å². The molecule has 1 heterocycles. The number of anilines is 1. The third kappa shape index (κ3) is 1.94. The van der Waals surface area contributed by atoms with E-state index >= 15 is 0 Å². The number of rotatable bonds is 2. The lowest BCUT2D eigenvalue weighted by Gasteiger charge is -2.14. The highest BCUT2D eigenvalue weighted by molar-refractivity contribution is 5.97. The van der Waals surface area contributed by atoms with Crippen LogP contribution in [0.15, 0.2) is 18.3 Å². The van der Waals surface area contributed by atoms with E-state index in [1.807, 2.05) is 19.5 Å². The molecule has 0 saturated carbocycles. The average Bonchev–Trinajstić information content (AvgIpc) is 2.16. The van der Waals surface area contributed by atoms with E-state index in [-0.39, 0.29) is 5.91 Å². The van der Waals surface area contributed by atoms with Gasteiger partial charge in [-0.05, 0) is 12.1 Å². The highest BCUT2D eigenvalue weighted by atomic mass is 16.2. The monoisotopic (exact) mass is 180 g/mol. The first-order chi connectivity index (χ1) is 6.16.